The third kappa shape index (κ3) is 2.26. The zero-order chi connectivity index (χ0) is 16.0. The maximum atomic E-state index is 13.0. The maximum Gasteiger partial charge on any atom is 0.515 e. The summed E-state index contributed by atoms with van der Waals surface area (Å²) in [4.78, 5) is 0. The second-order valence-corrected chi connectivity index (χ2v) is 4.84. The molecule has 0 atom stereocenters. The van der Waals surface area contributed by atoms with Crippen LogP contribution in [0.3, 0.4) is 0 Å². The molecule has 1 aromatic carbocycles. The summed E-state index contributed by atoms with van der Waals surface area (Å²) in [6.45, 7) is 0. The summed E-state index contributed by atoms with van der Waals surface area (Å²) in [7, 11) is -6.88. The van der Waals surface area contributed by atoms with Crippen LogP contribution < -0.4 is 4.47 Å². The fourth-order valence-electron chi connectivity index (χ4n) is 0.968. The quantitative estimate of drug-likeness (QED) is 0.362. The lowest BCUT2D eigenvalue weighted by molar-refractivity contribution is -0.0436. The molecule has 0 N–H and O–H groups in total. The van der Waals surface area contributed by atoms with Crippen LogP contribution in [-0.4, -0.2) is 13.9 Å². The van der Waals surface area contributed by atoms with Crippen LogP contribution in [0.4, 0.5) is 40.8 Å². The molecule has 0 radical (unpaired) electrons. The van der Waals surface area contributed by atoms with Crippen LogP contribution in [0, 0.1) is 34.3 Å². The predicted octanol–water partition coefficient (Wildman–Crippen LogP) is 2.54. The molecule has 0 aromatic heterocycles. The van der Waals surface area contributed by atoms with Gasteiger partial charge >= 0.3 is 15.5 Å². The van der Waals surface area contributed by atoms with Crippen LogP contribution in [0.2, 0.25) is 0 Å². The Balaban J connectivity index is 3.66. The van der Waals surface area contributed by atoms with Crippen molar-refractivity contribution in [2.24, 2.45) is 0 Å². The van der Waals surface area contributed by atoms with E-state index in [1.54, 1.807) is 0 Å². The van der Waals surface area contributed by atoms with E-state index >= 15 is 0 Å². The highest BCUT2D eigenvalue weighted by Crippen LogP contribution is 2.35. The molecule has 0 aliphatic rings. The molecule has 13 heteroatoms. The molecule has 20 heavy (non-hydrogen) atoms. The van der Waals surface area contributed by atoms with Crippen molar-refractivity contribution in [3.63, 3.8) is 0 Å². The second-order valence-electron chi connectivity index (χ2n) is 3.10. The summed E-state index contributed by atoms with van der Waals surface area (Å²) in [5.41, 5.74) is -9.08. The number of halogens is 8. The van der Waals surface area contributed by atoms with E-state index in [0.717, 1.165) is 0 Å². The van der Waals surface area contributed by atoms with E-state index in [2.05, 4.69) is 0 Å². The van der Waals surface area contributed by atoms with Crippen molar-refractivity contribution in [2.45, 2.75) is 5.51 Å². The first-order valence-corrected chi connectivity index (χ1v) is 5.58. The monoisotopic (exact) mass is 330 g/mol. The summed E-state index contributed by atoms with van der Waals surface area (Å²) in [6.07, 6.45) is 0. The van der Waals surface area contributed by atoms with Gasteiger partial charge < -0.3 is 9.68 Å². The largest absolute Gasteiger partial charge is 0.744 e. The van der Waals surface area contributed by atoms with Gasteiger partial charge in [-0.1, -0.05) is 0 Å². The van der Waals surface area contributed by atoms with Gasteiger partial charge in [-0.05, 0) is 0 Å². The Hall–Kier alpha value is -1.63. The highest BCUT2D eigenvalue weighted by atomic mass is 32.2. The molecular weight excluding hydrogens is 330 g/mol. The van der Waals surface area contributed by atoms with Gasteiger partial charge in [0.2, 0.25) is 5.82 Å². The maximum absolute atomic E-state index is 13.0. The number of sulfonamides is 1. The zero-order valence-corrected chi connectivity index (χ0v) is 9.42. The summed E-state index contributed by atoms with van der Waals surface area (Å²) in [5, 5.41) is 10.8. The molecule has 0 aliphatic heterocycles. The molecule has 0 aliphatic carbocycles. The Labute approximate surface area is 104 Å². The van der Waals surface area contributed by atoms with Crippen molar-refractivity contribution in [3.05, 3.63) is 34.3 Å². The minimum atomic E-state index is -6.88. The van der Waals surface area contributed by atoms with Gasteiger partial charge in [0, 0.05) is 0 Å². The van der Waals surface area contributed by atoms with E-state index in [1.807, 2.05) is 0 Å². The van der Waals surface area contributed by atoms with Crippen molar-refractivity contribution in [3.8, 4) is 0 Å². The Morgan fingerprint density at radius 2 is 1.10 bits per heavy atom. The molecule has 1 aromatic rings. The molecule has 4 nitrogen and oxygen atoms in total. The third-order valence-electron chi connectivity index (χ3n) is 1.88. The zero-order valence-electron chi connectivity index (χ0n) is 8.60. The second kappa shape index (κ2) is 4.73. The van der Waals surface area contributed by atoms with Gasteiger partial charge in [-0.3, -0.25) is 0 Å². The summed E-state index contributed by atoms with van der Waals surface area (Å²) in [6, 6.07) is 0. The fourth-order valence-corrected chi connectivity index (χ4v) is 1.56. The van der Waals surface area contributed by atoms with Crippen molar-refractivity contribution in [2.75, 3.05) is 4.47 Å². The van der Waals surface area contributed by atoms with E-state index in [0.29, 0.717) is 0 Å². The Morgan fingerprint density at radius 3 is 1.40 bits per heavy atom. The van der Waals surface area contributed by atoms with Crippen LogP contribution >= 0.6 is 0 Å². The highest BCUT2D eigenvalue weighted by molar-refractivity contribution is 7.93. The first-order chi connectivity index (χ1) is 8.84. The average Bonchev–Trinajstić information content (AvgIpc) is 2.32. The molecule has 114 valence electrons. The number of alkyl halides is 3. The van der Waals surface area contributed by atoms with Gasteiger partial charge in [-0.15, -0.1) is 0 Å². The lowest BCUT2D eigenvalue weighted by Crippen LogP contribution is -2.38. The van der Waals surface area contributed by atoms with Gasteiger partial charge in [0.25, 0.3) is 0 Å². The minimum absolute atomic E-state index is 2.32. The van der Waals surface area contributed by atoms with E-state index in [-0.39, 0.29) is 0 Å². The Morgan fingerprint density at radius 1 is 0.800 bits per heavy atom. The van der Waals surface area contributed by atoms with Crippen molar-refractivity contribution in [1.29, 1.82) is 0 Å². The van der Waals surface area contributed by atoms with Gasteiger partial charge in [-0.25, -0.2) is 22.0 Å². The van der Waals surface area contributed by atoms with Crippen LogP contribution in [0.5, 0.6) is 0 Å². The average molecular weight is 330 g/mol. The first kappa shape index (κ1) is 16.4. The van der Waals surface area contributed by atoms with Crippen LogP contribution in [0.15, 0.2) is 0 Å². The standard InChI is InChI=1S/C7F8NO3S/c8-1-2(9)4(11)6(5(12)3(1)10)16(17)20(18,19)7(13,14)15/q-1. The number of benzene rings is 1. The normalized spacial score (nSPS) is 12.7. The van der Waals surface area contributed by atoms with Crippen molar-refractivity contribution in [1.82, 2.24) is 0 Å². The molecular formula is C7F8NO3S-. The number of hydrogen-bond acceptors (Lipinski definition) is 3. The van der Waals surface area contributed by atoms with Gasteiger partial charge in [0.15, 0.2) is 23.3 Å². The number of nitrogens with zero attached hydrogens (tertiary/aromatic N) is 1. The van der Waals surface area contributed by atoms with Crippen LogP contribution in [-0.2, 0) is 10.0 Å². The van der Waals surface area contributed by atoms with Crippen molar-refractivity contribution < 1.29 is 43.5 Å². The molecule has 0 unspecified atom stereocenters. The summed E-state index contributed by atoms with van der Waals surface area (Å²) < 4.78 is 119. The van der Waals surface area contributed by atoms with Crippen molar-refractivity contribution >= 4 is 15.7 Å². The van der Waals surface area contributed by atoms with Crippen LogP contribution in [0.1, 0.15) is 0 Å². The molecule has 0 saturated heterocycles. The Kier molecular flexibility index (Phi) is 3.88. The molecule has 0 amide bonds. The smallest absolute Gasteiger partial charge is 0.515 e. The molecule has 0 fully saturated rings. The summed E-state index contributed by atoms with van der Waals surface area (Å²) in [5.74, 6) is -14.3. The first-order valence-electron chi connectivity index (χ1n) is 4.14. The Bertz CT molecular complexity index is 626. The SMILES string of the molecule is O=S(=O)(N([O-])c1c(F)c(F)c(F)c(F)c1F)C(F)(F)F. The van der Waals surface area contributed by atoms with Gasteiger partial charge in [-0.2, -0.15) is 21.6 Å². The lowest BCUT2D eigenvalue weighted by atomic mass is 10.2. The van der Waals surface area contributed by atoms with E-state index in [1.165, 1.54) is 0 Å². The molecule has 0 saturated carbocycles. The van der Waals surface area contributed by atoms with Crippen LogP contribution in [0.25, 0.3) is 0 Å². The van der Waals surface area contributed by atoms with Gasteiger partial charge in [0.05, 0.1) is 0 Å². The third-order valence-corrected chi connectivity index (χ3v) is 3.08. The van der Waals surface area contributed by atoms with E-state index < -0.39 is 54.8 Å². The molecule has 1 rings (SSSR count). The molecule has 0 spiro atoms. The molecule has 0 bridgehead atoms. The topological polar surface area (TPSA) is 60.4 Å². The number of anilines is 1. The predicted molar refractivity (Wildman–Crippen MR) is 47.1 cm³/mol. The highest BCUT2D eigenvalue weighted by Gasteiger charge is 2.49. The number of hydrogen-bond donors (Lipinski definition) is 0. The lowest BCUT2D eigenvalue weighted by Gasteiger charge is -2.30. The minimum Gasteiger partial charge on any atom is -0.744 e. The van der Waals surface area contributed by atoms with E-state index in [4.69, 9.17) is 0 Å². The number of rotatable bonds is 2. The fraction of sp³-hybridized carbons (Fsp3) is 0.143. The van der Waals surface area contributed by atoms with E-state index in [9.17, 15) is 48.7 Å². The summed E-state index contributed by atoms with van der Waals surface area (Å²) >= 11 is 0. The molecule has 0 heterocycles. The van der Waals surface area contributed by atoms with Gasteiger partial charge in [0.1, 0.15) is 5.69 Å².